The maximum atomic E-state index is 11.8. The monoisotopic (exact) mass is 334 g/mol. The summed E-state index contributed by atoms with van der Waals surface area (Å²) in [6.07, 6.45) is 2.35. The lowest BCUT2D eigenvalue weighted by Gasteiger charge is -2.15. The second-order valence-corrected chi connectivity index (χ2v) is 6.67. The van der Waals surface area contributed by atoms with E-state index in [0.29, 0.717) is 19.5 Å². The second-order valence-electron chi connectivity index (χ2n) is 5.39. The number of thiazole rings is 1. The Kier molecular flexibility index (Phi) is 6.49. The molecule has 0 aromatic carbocycles. The van der Waals surface area contributed by atoms with Crippen LogP contribution in [0.15, 0.2) is 24.4 Å². The summed E-state index contributed by atoms with van der Waals surface area (Å²) >= 11 is 1.59. The van der Waals surface area contributed by atoms with Crippen LogP contribution in [0.3, 0.4) is 0 Å². The van der Waals surface area contributed by atoms with Crippen LogP contribution in [-0.2, 0) is 13.0 Å². The Labute approximate surface area is 140 Å². The number of nitrogens with one attached hydrogen (secondary N) is 2. The maximum Gasteiger partial charge on any atom is 0.315 e. The van der Waals surface area contributed by atoms with E-state index in [9.17, 15) is 9.90 Å². The summed E-state index contributed by atoms with van der Waals surface area (Å²) in [7, 11) is 0. The van der Waals surface area contributed by atoms with Crippen molar-refractivity contribution in [2.24, 2.45) is 5.92 Å². The van der Waals surface area contributed by atoms with Gasteiger partial charge in [-0.15, -0.1) is 11.3 Å². The van der Waals surface area contributed by atoms with E-state index in [-0.39, 0.29) is 18.6 Å². The van der Waals surface area contributed by atoms with Crippen molar-refractivity contribution < 1.29 is 9.90 Å². The third kappa shape index (κ3) is 5.61. The van der Waals surface area contributed by atoms with Crippen LogP contribution in [0.1, 0.15) is 21.3 Å². The summed E-state index contributed by atoms with van der Waals surface area (Å²) in [5, 5.41) is 15.9. The van der Waals surface area contributed by atoms with Crippen LogP contribution in [0, 0.1) is 19.8 Å². The first-order valence-corrected chi connectivity index (χ1v) is 8.35. The lowest BCUT2D eigenvalue weighted by atomic mass is 10.0. The average molecular weight is 334 g/mol. The second kappa shape index (κ2) is 8.59. The standard InChI is InChI=1S/C16H22N4O2S/c1-11-12(2)23-15(20-11)9-19-16(22)18-8-13(10-21)7-14-5-3-4-6-17-14/h3-6,13,21H,7-10H2,1-2H3,(H2,18,19,22). The van der Waals surface area contributed by atoms with Gasteiger partial charge < -0.3 is 15.7 Å². The molecule has 0 aliphatic heterocycles. The third-order valence-corrected chi connectivity index (χ3v) is 4.58. The fraction of sp³-hybridized carbons (Fsp3) is 0.438. The number of urea groups is 1. The molecule has 2 rings (SSSR count). The third-order valence-electron chi connectivity index (χ3n) is 3.51. The number of aromatic nitrogens is 2. The first-order chi connectivity index (χ1) is 11.1. The minimum Gasteiger partial charge on any atom is -0.396 e. The number of aliphatic hydroxyl groups is 1. The SMILES string of the molecule is Cc1nc(CNC(=O)NCC(CO)Cc2ccccn2)sc1C. The van der Waals surface area contributed by atoms with Gasteiger partial charge in [0.1, 0.15) is 5.01 Å². The summed E-state index contributed by atoms with van der Waals surface area (Å²) in [5.41, 5.74) is 1.91. The zero-order chi connectivity index (χ0) is 16.7. The molecule has 0 saturated heterocycles. The molecule has 6 nitrogen and oxygen atoms in total. The van der Waals surface area contributed by atoms with Gasteiger partial charge >= 0.3 is 6.03 Å². The molecule has 1 unspecified atom stereocenters. The van der Waals surface area contributed by atoms with Gasteiger partial charge in [-0.2, -0.15) is 0 Å². The Bertz CT molecular complexity index is 611. The Hall–Kier alpha value is -1.99. The average Bonchev–Trinajstić information content (AvgIpc) is 2.88. The molecule has 2 aromatic rings. The lowest BCUT2D eigenvalue weighted by Crippen LogP contribution is -2.39. The number of carbonyl (C=O) groups is 1. The van der Waals surface area contributed by atoms with Gasteiger partial charge in [0, 0.05) is 35.8 Å². The van der Waals surface area contributed by atoms with Crippen molar-refractivity contribution in [2.75, 3.05) is 13.2 Å². The van der Waals surface area contributed by atoms with E-state index in [0.717, 1.165) is 21.3 Å². The van der Waals surface area contributed by atoms with Crippen molar-refractivity contribution in [1.82, 2.24) is 20.6 Å². The number of nitrogens with zero attached hydrogens (tertiary/aromatic N) is 2. The molecule has 1 atom stereocenters. The van der Waals surface area contributed by atoms with Crippen molar-refractivity contribution in [3.05, 3.63) is 45.7 Å². The van der Waals surface area contributed by atoms with Gasteiger partial charge in [0.05, 0.1) is 12.2 Å². The summed E-state index contributed by atoms with van der Waals surface area (Å²) in [4.78, 5) is 21.6. The van der Waals surface area contributed by atoms with Gasteiger partial charge in [-0.25, -0.2) is 9.78 Å². The zero-order valence-electron chi connectivity index (χ0n) is 13.4. The Morgan fingerprint density at radius 2 is 2.17 bits per heavy atom. The predicted molar refractivity (Wildman–Crippen MR) is 90.3 cm³/mol. The van der Waals surface area contributed by atoms with E-state index in [4.69, 9.17) is 0 Å². The molecule has 2 aromatic heterocycles. The van der Waals surface area contributed by atoms with Gasteiger partial charge in [-0.05, 0) is 32.4 Å². The molecule has 7 heteroatoms. The van der Waals surface area contributed by atoms with Crippen molar-refractivity contribution >= 4 is 17.4 Å². The highest BCUT2D eigenvalue weighted by atomic mass is 32.1. The molecular formula is C16H22N4O2S. The number of aryl methyl sites for hydroxylation is 2. The van der Waals surface area contributed by atoms with E-state index in [1.54, 1.807) is 17.5 Å². The molecule has 124 valence electrons. The van der Waals surface area contributed by atoms with E-state index in [2.05, 4.69) is 20.6 Å². The Balaban J connectivity index is 1.74. The van der Waals surface area contributed by atoms with E-state index >= 15 is 0 Å². The zero-order valence-corrected chi connectivity index (χ0v) is 14.2. The topological polar surface area (TPSA) is 87.1 Å². The van der Waals surface area contributed by atoms with Crippen molar-refractivity contribution in [3.63, 3.8) is 0 Å². The number of hydrogen-bond acceptors (Lipinski definition) is 5. The lowest BCUT2D eigenvalue weighted by molar-refractivity contribution is 0.213. The maximum absolute atomic E-state index is 11.8. The summed E-state index contributed by atoms with van der Waals surface area (Å²) in [5.74, 6) is -0.0556. The molecule has 2 heterocycles. The highest BCUT2D eigenvalue weighted by Crippen LogP contribution is 2.15. The van der Waals surface area contributed by atoms with Crippen LogP contribution < -0.4 is 10.6 Å². The van der Waals surface area contributed by atoms with Crippen LogP contribution in [0.4, 0.5) is 4.79 Å². The molecule has 0 aliphatic carbocycles. The first kappa shape index (κ1) is 17.4. The molecule has 0 saturated carbocycles. The highest BCUT2D eigenvalue weighted by molar-refractivity contribution is 7.11. The van der Waals surface area contributed by atoms with Crippen LogP contribution in [-0.4, -0.2) is 34.3 Å². The highest BCUT2D eigenvalue weighted by Gasteiger charge is 2.11. The Morgan fingerprint density at radius 1 is 1.35 bits per heavy atom. The van der Waals surface area contributed by atoms with Crippen LogP contribution in [0.2, 0.25) is 0 Å². The van der Waals surface area contributed by atoms with Crippen LogP contribution in [0.25, 0.3) is 0 Å². The molecule has 0 spiro atoms. The van der Waals surface area contributed by atoms with E-state index in [1.165, 1.54) is 0 Å². The quantitative estimate of drug-likeness (QED) is 0.720. The number of pyridine rings is 1. The van der Waals surface area contributed by atoms with Gasteiger partial charge in [0.25, 0.3) is 0 Å². The number of aliphatic hydroxyl groups excluding tert-OH is 1. The smallest absolute Gasteiger partial charge is 0.315 e. The van der Waals surface area contributed by atoms with Crippen molar-refractivity contribution in [2.45, 2.75) is 26.8 Å². The summed E-state index contributed by atoms with van der Waals surface area (Å²) < 4.78 is 0. The number of amides is 2. The van der Waals surface area contributed by atoms with Gasteiger partial charge in [0.15, 0.2) is 0 Å². The minimum atomic E-state index is -0.255. The van der Waals surface area contributed by atoms with E-state index in [1.807, 2.05) is 32.0 Å². The molecule has 0 radical (unpaired) electrons. The first-order valence-electron chi connectivity index (χ1n) is 7.54. The summed E-state index contributed by atoms with van der Waals surface area (Å²) in [6.45, 7) is 4.78. The van der Waals surface area contributed by atoms with Crippen LogP contribution >= 0.6 is 11.3 Å². The molecule has 2 amide bonds. The van der Waals surface area contributed by atoms with Crippen molar-refractivity contribution in [1.29, 1.82) is 0 Å². The van der Waals surface area contributed by atoms with E-state index < -0.39 is 0 Å². The molecule has 0 fully saturated rings. The molecule has 0 bridgehead atoms. The molecular weight excluding hydrogens is 312 g/mol. The van der Waals surface area contributed by atoms with Gasteiger partial charge in [0.2, 0.25) is 0 Å². The number of rotatable bonds is 7. The van der Waals surface area contributed by atoms with Gasteiger partial charge in [-0.3, -0.25) is 4.98 Å². The number of carbonyl (C=O) groups excluding carboxylic acids is 1. The predicted octanol–water partition coefficient (Wildman–Crippen LogP) is 1.81. The molecule has 0 aliphatic rings. The summed E-state index contributed by atoms with van der Waals surface area (Å²) in [6, 6.07) is 5.42. The largest absolute Gasteiger partial charge is 0.396 e. The fourth-order valence-electron chi connectivity index (χ4n) is 2.09. The fourth-order valence-corrected chi connectivity index (χ4v) is 2.96. The normalized spacial score (nSPS) is 12.0. The van der Waals surface area contributed by atoms with Crippen molar-refractivity contribution in [3.8, 4) is 0 Å². The van der Waals surface area contributed by atoms with Crippen LogP contribution in [0.5, 0.6) is 0 Å². The molecule has 3 N–H and O–H groups in total. The molecule has 23 heavy (non-hydrogen) atoms. The minimum absolute atomic E-state index is 0.00171. The van der Waals surface area contributed by atoms with Gasteiger partial charge in [-0.1, -0.05) is 6.07 Å². The number of hydrogen-bond donors (Lipinski definition) is 3. The Morgan fingerprint density at radius 3 is 2.78 bits per heavy atom.